The number of benzene rings is 1. The molecule has 0 spiro atoms. The third-order valence-corrected chi connectivity index (χ3v) is 1.60. The molecule has 0 fully saturated rings. The average Bonchev–Trinajstić information content (AvgIpc) is 1.82. The molecule has 0 aliphatic rings. The first-order valence-electron chi connectivity index (χ1n) is 3.38. The molecule has 0 saturated carbocycles. The molecule has 0 N–H and O–H groups in total. The van der Waals surface area contributed by atoms with Crippen LogP contribution in [0.25, 0.3) is 0 Å². The molecule has 0 unspecified atom stereocenters. The van der Waals surface area contributed by atoms with Crippen molar-refractivity contribution in [1.82, 2.24) is 0 Å². The molecule has 0 saturated heterocycles. The largest absolute Gasteiger partial charge is 1.00 e. The van der Waals surface area contributed by atoms with Crippen LogP contribution in [0.1, 0.15) is 5.56 Å². The van der Waals surface area contributed by atoms with Crippen LogP contribution in [0.4, 0.5) is 17.3 Å². The summed E-state index contributed by atoms with van der Waals surface area (Å²) < 4.78 is 49.0. The van der Waals surface area contributed by atoms with Crippen LogP contribution in [0, 0.1) is 12.7 Å². The fourth-order valence-corrected chi connectivity index (χ4v) is 1.06. The second-order valence-corrected chi connectivity index (χ2v) is 2.55. The van der Waals surface area contributed by atoms with E-state index in [1.54, 1.807) is 0 Å². The maximum atomic E-state index is 12.6. The van der Waals surface area contributed by atoms with E-state index in [9.17, 15) is 17.3 Å². The van der Waals surface area contributed by atoms with Gasteiger partial charge >= 0.3 is 58.4 Å². The predicted octanol–water partition coefficient (Wildman–Crippen LogP) is -0.807. The van der Waals surface area contributed by atoms with E-state index in [0.717, 1.165) is 6.07 Å². The number of hydrogen-bond donors (Lipinski definition) is 0. The van der Waals surface area contributed by atoms with Crippen molar-refractivity contribution in [2.75, 3.05) is 0 Å². The van der Waals surface area contributed by atoms with Crippen molar-refractivity contribution < 1.29 is 68.7 Å². The zero-order valence-electron chi connectivity index (χ0n) is 7.32. The van der Waals surface area contributed by atoms with Crippen molar-refractivity contribution in [2.45, 2.75) is 6.92 Å². The van der Waals surface area contributed by atoms with E-state index in [4.69, 9.17) is 0 Å². The zero-order valence-corrected chi connectivity index (χ0v) is 10.4. The first kappa shape index (κ1) is 13.6. The maximum absolute atomic E-state index is 12.6. The summed E-state index contributed by atoms with van der Waals surface area (Å²) in [6.07, 6.45) is 0. The Balaban J connectivity index is 0.00000144. The van der Waals surface area contributed by atoms with E-state index in [1.807, 2.05) is 0 Å². The quantitative estimate of drug-likeness (QED) is 0.425. The Hall–Kier alpha value is 0.641. The van der Waals surface area contributed by atoms with Crippen molar-refractivity contribution in [3.63, 3.8) is 0 Å². The number of hydrogen-bond acceptors (Lipinski definition) is 0. The molecule has 0 radical (unpaired) electrons. The minimum atomic E-state index is -5.23. The van der Waals surface area contributed by atoms with Gasteiger partial charge in [0.25, 0.3) is 0 Å². The summed E-state index contributed by atoms with van der Waals surface area (Å²) >= 11 is 0. The molecule has 0 amide bonds. The van der Waals surface area contributed by atoms with Gasteiger partial charge in [-0.3, -0.25) is 0 Å². The van der Waals surface area contributed by atoms with E-state index >= 15 is 0 Å². The number of halogens is 4. The normalized spacial score (nSPS) is 10.8. The summed E-state index contributed by atoms with van der Waals surface area (Å²) in [5.74, 6) is -1.19. The van der Waals surface area contributed by atoms with Gasteiger partial charge in [0.05, 0.1) is 5.82 Å². The fourth-order valence-electron chi connectivity index (χ4n) is 1.06. The predicted molar refractivity (Wildman–Crippen MR) is 39.8 cm³/mol. The second kappa shape index (κ2) is 4.93. The molecule has 1 aromatic carbocycles. The minimum absolute atomic E-state index is 0. The summed E-state index contributed by atoms with van der Waals surface area (Å²) in [5.41, 5.74) is -1.18. The maximum Gasteiger partial charge on any atom is 1.00 e. The fraction of sp³-hybridized carbons (Fsp3) is 0.143. The topological polar surface area (TPSA) is 0 Å². The van der Waals surface area contributed by atoms with E-state index in [0.29, 0.717) is 0 Å². The summed E-state index contributed by atoms with van der Waals surface area (Å²) in [7, 11) is 0. The average molecular weight is 216 g/mol. The van der Waals surface area contributed by atoms with Gasteiger partial charge in [0.2, 0.25) is 0 Å². The molecule has 0 aliphatic carbocycles. The van der Waals surface area contributed by atoms with Crippen LogP contribution in [0.15, 0.2) is 18.2 Å². The van der Waals surface area contributed by atoms with Gasteiger partial charge in [-0.1, -0.05) is 23.2 Å². The van der Waals surface area contributed by atoms with Crippen LogP contribution in [0.3, 0.4) is 0 Å². The summed E-state index contributed by atoms with van der Waals surface area (Å²) in [5, 5.41) is 0. The Bertz CT molecular complexity index is 277. The van der Waals surface area contributed by atoms with Gasteiger partial charge in [0, 0.05) is 0 Å². The first-order valence-corrected chi connectivity index (χ1v) is 3.38. The summed E-state index contributed by atoms with van der Waals surface area (Å²) in [4.78, 5) is 0. The van der Waals surface area contributed by atoms with E-state index in [1.165, 1.54) is 19.1 Å². The summed E-state index contributed by atoms with van der Waals surface area (Å²) in [6, 6.07) is 3.32. The third kappa shape index (κ3) is 3.36. The molecule has 0 heterocycles. The van der Waals surface area contributed by atoms with Crippen molar-refractivity contribution in [3.05, 3.63) is 29.6 Å². The van der Waals surface area contributed by atoms with Crippen LogP contribution in [0.2, 0.25) is 0 Å². The minimum Gasteiger partial charge on any atom is -0.445 e. The Kier molecular flexibility index (Phi) is 5.17. The van der Waals surface area contributed by atoms with Crippen LogP contribution in [-0.2, 0) is 0 Å². The van der Waals surface area contributed by atoms with Gasteiger partial charge in [-0.2, -0.15) is 0 Å². The van der Waals surface area contributed by atoms with Crippen LogP contribution in [-0.4, -0.2) is 6.98 Å². The van der Waals surface area contributed by atoms with Crippen molar-refractivity contribution in [1.29, 1.82) is 0 Å². The molecule has 0 atom stereocenters. The third-order valence-electron chi connectivity index (χ3n) is 1.60. The van der Waals surface area contributed by atoms with E-state index in [-0.39, 0.29) is 56.9 Å². The van der Waals surface area contributed by atoms with Crippen LogP contribution < -0.4 is 56.8 Å². The number of aryl methyl sites for hydroxylation is 1. The van der Waals surface area contributed by atoms with Gasteiger partial charge in [0.1, 0.15) is 0 Å². The molecular formula is C7H6BF4K. The monoisotopic (exact) mass is 216 g/mol. The molecule has 1 aromatic rings. The van der Waals surface area contributed by atoms with E-state index in [2.05, 4.69) is 0 Å². The Morgan fingerprint density at radius 2 is 1.69 bits per heavy atom. The molecular weight excluding hydrogens is 210 g/mol. The number of rotatable bonds is 1. The molecule has 66 valence electrons. The molecule has 0 nitrogen and oxygen atoms in total. The van der Waals surface area contributed by atoms with Gasteiger partial charge in [-0.05, 0) is 13.0 Å². The second-order valence-electron chi connectivity index (χ2n) is 2.55. The summed E-state index contributed by atoms with van der Waals surface area (Å²) in [6.45, 7) is -3.99. The SMILES string of the molecule is Cc1cccc(F)c1[B-](F)(F)F.[K+]. The zero-order chi connectivity index (χ0) is 9.35. The molecule has 0 aliphatic heterocycles. The standard InChI is InChI=1S/C7H6BF4.K/c1-5-3-2-4-6(9)7(5)8(10,11)12;/h2-4H,1H3;/q-1;+1. The Morgan fingerprint density at radius 1 is 1.15 bits per heavy atom. The van der Waals surface area contributed by atoms with Crippen molar-refractivity contribution in [2.24, 2.45) is 0 Å². The van der Waals surface area contributed by atoms with Crippen LogP contribution in [0.5, 0.6) is 0 Å². The Labute approximate surface area is 116 Å². The van der Waals surface area contributed by atoms with Gasteiger partial charge in [-0.25, -0.2) is 4.39 Å². The van der Waals surface area contributed by atoms with Crippen LogP contribution >= 0.6 is 0 Å². The van der Waals surface area contributed by atoms with Gasteiger partial charge in [0.15, 0.2) is 0 Å². The smallest absolute Gasteiger partial charge is 0.445 e. The van der Waals surface area contributed by atoms with Gasteiger partial charge < -0.3 is 12.9 Å². The first-order chi connectivity index (χ1) is 5.43. The molecule has 6 heteroatoms. The molecule has 1 rings (SSSR count). The molecule has 13 heavy (non-hydrogen) atoms. The van der Waals surface area contributed by atoms with E-state index < -0.39 is 18.3 Å². The van der Waals surface area contributed by atoms with Gasteiger partial charge in [-0.15, -0.1) is 0 Å². The molecule has 0 bridgehead atoms. The van der Waals surface area contributed by atoms with Crippen molar-refractivity contribution in [3.8, 4) is 0 Å². The molecule has 0 aromatic heterocycles. The Morgan fingerprint density at radius 3 is 2.00 bits per heavy atom. The van der Waals surface area contributed by atoms with Crippen molar-refractivity contribution >= 4 is 12.4 Å².